The predicted octanol–water partition coefficient (Wildman–Crippen LogP) is 3.26. The molecule has 0 spiro atoms. The summed E-state index contributed by atoms with van der Waals surface area (Å²) in [6.07, 6.45) is 3.80. The van der Waals surface area contributed by atoms with Crippen molar-refractivity contribution in [1.82, 2.24) is 0 Å². The molecule has 0 nitrogen and oxygen atoms in total. The molecule has 0 aromatic carbocycles. The Morgan fingerprint density at radius 2 is 2.22 bits per heavy atom. The van der Waals surface area contributed by atoms with Crippen LogP contribution < -0.4 is 0 Å². The molecule has 0 heterocycles. The van der Waals surface area contributed by atoms with Crippen LogP contribution in [0.3, 0.4) is 0 Å². The van der Waals surface area contributed by atoms with E-state index in [0.29, 0.717) is 5.92 Å². The average molecular weight is 144 g/mol. The summed E-state index contributed by atoms with van der Waals surface area (Å²) < 4.78 is 0. The number of unbranched alkanes of at least 4 members (excludes halogenated alkanes) is 1. The first kappa shape index (κ1) is 9.09. The van der Waals surface area contributed by atoms with Gasteiger partial charge in [-0.3, -0.25) is 0 Å². The summed E-state index contributed by atoms with van der Waals surface area (Å²) >= 11 is 4.17. The first-order chi connectivity index (χ1) is 4.18. The van der Waals surface area contributed by atoms with E-state index in [1.165, 1.54) is 19.3 Å². The van der Waals surface area contributed by atoms with Crippen molar-refractivity contribution >= 4 is 12.6 Å². The predicted molar refractivity (Wildman–Crippen MR) is 46.8 cm³/mol. The molecule has 0 radical (unpaired) electrons. The summed E-state index contributed by atoms with van der Waals surface area (Å²) in [6, 6.07) is 0. The van der Waals surface area contributed by atoms with Gasteiger partial charge in [0.2, 0.25) is 0 Å². The zero-order valence-electron chi connectivity index (χ0n) is 6.35. The number of allylic oxidation sites excluding steroid dienone is 1. The third-order valence-electron chi connectivity index (χ3n) is 1.56. The lowest BCUT2D eigenvalue weighted by molar-refractivity contribution is 0.593. The van der Waals surface area contributed by atoms with E-state index in [1.807, 2.05) is 0 Å². The molecule has 54 valence electrons. The van der Waals surface area contributed by atoms with Crippen LogP contribution in [-0.4, -0.2) is 0 Å². The van der Waals surface area contributed by atoms with E-state index in [9.17, 15) is 0 Å². The fourth-order valence-electron chi connectivity index (χ4n) is 0.677. The zero-order valence-corrected chi connectivity index (χ0v) is 7.25. The standard InChI is InChI=1S/C8H16S/c1-4-5-6-7(2)8(3)9/h7,9H,3-6H2,1-2H3. The molecule has 0 rings (SSSR count). The van der Waals surface area contributed by atoms with Gasteiger partial charge in [-0.05, 0) is 17.2 Å². The van der Waals surface area contributed by atoms with Crippen LogP contribution in [0.5, 0.6) is 0 Å². The highest BCUT2D eigenvalue weighted by molar-refractivity contribution is 7.84. The van der Waals surface area contributed by atoms with E-state index in [2.05, 4.69) is 33.1 Å². The van der Waals surface area contributed by atoms with E-state index >= 15 is 0 Å². The smallest absolute Gasteiger partial charge is 0.0139 e. The molecule has 0 N–H and O–H groups in total. The molecule has 0 aliphatic rings. The van der Waals surface area contributed by atoms with Crippen LogP contribution in [0, 0.1) is 5.92 Å². The first-order valence-electron chi connectivity index (χ1n) is 3.56. The van der Waals surface area contributed by atoms with Crippen molar-refractivity contribution in [3.05, 3.63) is 11.5 Å². The van der Waals surface area contributed by atoms with E-state index in [-0.39, 0.29) is 0 Å². The van der Waals surface area contributed by atoms with E-state index in [0.717, 1.165) is 4.91 Å². The van der Waals surface area contributed by atoms with Crippen LogP contribution in [0.4, 0.5) is 0 Å². The maximum absolute atomic E-state index is 4.17. The number of hydrogen-bond acceptors (Lipinski definition) is 1. The van der Waals surface area contributed by atoms with Gasteiger partial charge in [0.05, 0.1) is 0 Å². The molecular weight excluding hydrogens is 128 g/mol. The number of rotatable bonds is 4. The Balaban J connectivity index is 3.27. The van der Waals surface area contributed by atoms with Crippen molar-refractivity contribution < 1.29 is 0 Å². The summed E-state index contributed by atoms with van der Waals surface area (Å²) in [6.45, 7) is 8.15. The highest BCUT2D eigenvalue weighted by Gasteiger charge is 2.00. The lowest BCUT2D eigenvalue weighted by atomic mass is 10.1. The lowest BCUT2D eigenvalue weighted by Crippen LogP contribution is -1.92. The first-order valence-corrected chi connectivity index (χ1v) is 4.01. The van der Waals surface area contributed by atoms with Crippen molar-refractivity contribution in [3.63, 3.8) is 0 Å². The molecule has 1 unspecified atom stereocenters. The fourth-order valence-corrected chi connectivity index (χ4v) is 0.806. The monoisotopic (exact) mass is 144 g/mol. The van der Waals surface area contributed by atoms with Crippen LogP contribution in [0.2, 0.25) is 0 Å². The van der Waals surface area contributed by atoms with E-state index in [4.69, 9.17) is 0 Å². The van der Waals surface area contributed by atoms with Gasteiger partial charge in [0.1, 0.15) is 0 Å². The Morgan fingerprint density at radius 3 is 2.56 bits per heavy atom. The Labute approximate surface area is 63.8 Å². The second kappa shape index (κ2) is 4.92. The molecule has 9 heavy (non-hydrogen) atoms. The van der Waals surface area contributed by atoms with Crippen molar-refractivity contribution in [2.75, 3.05) is 0 Å². The van der Waals surface area contributed by atoms with Crippen LogP contribution in [0.1, 0.15) is 33.1 Å². The van der Waals surface area contributed by atoms with E-state index in [1.54, 1.807) is 0 Å². The molecule has 0 aromatic rings. The molecule has 0 bridgehead atoms. The van der Waals surface area contributed by atoms with Gasteiger partial charge in [-0.15, -0.1) is 12.6 Å². The van der Waals surface area contributed by atoms with Crippen molar-refractivity contribution in [2.45, 2.75) is 33.1 Å². The molecule has 0 aliphatic carbocycles. The van der Waals surface area contributed by atoms with Gasteiger partial charge in [0.15, 0.2) is 0 Å². The molecule has 1 atom stereocenters. The maximum atomic E-state index is 4.17. The van der Waals surface area contributed by atoms with Crippen molar-refractivity contribution in [3.8, 4) is 0 Å². The van der Waals surface area contributed by atoms with Gasteiger partial charge in [-0.1, -0.05) is 33.3 Å². The molecule has 0 aliphatic heterocycles. The largest absolute Gasteiger partial charge is 0.148 e. The number of thiol groups is 1. The Bertz CT molecular complexity index is 86.6. The SMILES string of the molecule is C=C(S)C(C)CCCC. The fraction of sp³-hybridized carbons (Fsp3) is 0.750. The highest BCUT2D eigenvalue weighted by atomic mass is 32.1. The third-order valence-corrected chi connectivity index (χ3v) is 2.00. The van der Waals surface area contributed by atoms with Crippen molar-refractivity contribution in [2.24, 2.45) is 5.92 Å². The molecule has 0 saturated carbocycles. The van der Waals surface area contributed by atoms with Gasteiger partial charge in [0, 0.05) is 0 Å². The minimum absolute atomic E-state index is 0.591. The Hall–Kier alpha value is 0.0900. The number of hydrogen-bond donors (Lipinski definition) is 1. The minimum Gasteiger partial charge on any atom is -0.148 e. The van der Waals surface area contributed by atoms with Gasteiger partial charge in [-0.2, -0.15) is 0 Å². The van der Waals surface area contributed by atoms with Gasteiger partial charge < -0.3 is 0 Å². The third kappa shape index (κ3) is 4.58. The molecular formula is C8H16S. The van der Waals surface area contributed by atoms with Gasteiger partial charge in [-0.25, -0.2) is 0 Å². The minimum atomic E-state index is 0.591. The second-order valence-electron chi connectivity index (χ2n) is 2.53. The summed E-state index contributed by atoms with van der Waals surface area (Å²) in [5.41, 5.74) is 0. The topological polar surface area (TPSA) is 0 Å². The Morgan fingerprint density at radius 1 is 1.67 bits per heavy atom. The highest BCUT2D eigenvalue weighted by Crippen LogP contribution is 2.17. The quantitative estimate of drug-likeness (QED) is 0.575. The molecule has 0 fully saturated rings. The van der Waals surface area contributed by atoms with Crippen LogP contribution in [-0.2, 0) is 0 Å². The van der Waals surface area contributed by atoms with Gasteiger partial charge >= 0.3 is 0 Å². The van der Waals surface area contributed by atoms with Crippen LogP contribution in [0.15, 0.2) is 11.5 Å². The van der Waals surface area contributed by atoms with Gasteiger partial charge in [0.25, 0.3) is 0 Å². The molecule has 1 heteroatoms. The van der Waals surface area contributed by atoms with Crippen LogP contribution >= 0.6 is 12.6 Å². The molecule has 0 saturated heterocycles. The summed E-state index contributed by atoms with van der Waals surface area (Å²) in [4.78, 5) is 1.02. The summed E-state index contributed by atoms with van der Waals surface area (Å²) in [5, 5.41) is 0. The average Bonchev–Trinajstić information content (AvgIpc) is 1.82. The lowest BCUT2D eigenvalue weighted by Gasteiger charge is -2.07. The van der Waals surface area contributed by atoms with Crippen molar-refractivity contribution in [1.29, 1.82) is 0 Å². The normalized spacial score (nSPS) is 13.2. The summed E-state index contributed by atoms with van der Waals surface area (Å²) in [5.74, 6) is 0.591. The second-order valence-corrected chi connectivity index (χ2v) is 3.11. The van der Waals surface area contributed by atoms with Crippen LogP contribution in [0.25, 0.3) is 0 Å². The summed E-state index contributed by atoms with van der Waals surface area (Å²) in [7, 11) is 0. The molecule has 0 amide bonds. The maximum Gasteiger partial charge on any atom is -0.0139 e. The zero-order chi connectivity index (χ0) is 7.28. The Kier molecular flexibility index (Phi) is 4.97. The van der Waals surface area contributed by atoms with E-state index < -0.39 is 0 Å². The molecule has 0 aromatic heterocycles.